The Morgan fingerprint density at radius 3 is 2.28 bits per heavy atom. The number of hydrogen-bond acceptors (Lipinski definition) is 7. The van der Waals surface area contributed by atoms with E-state index in [1.165, 1.54) is 6.92 Å². The van der Waals surface area contributed by atoms with E-state index in [1.54, 1.807) is 24.3 Å². The highest BCUT2D eigenvalue weighted by Gasteiger charge is 2.40. The summed E-state index contributed by atoms with van der Waals surface area (Å²) in [5, 5.41) is 31.2. The minimum absolute atomic E-state index is 0.0549. The number of rotatable bonds is 6. The van der Waals surface area contributed by atoms with E-state index in [2.05, 4.69) is 0 Å². The van der Waals surface area contributed by atoms with Crippen LogP contribution in [0.2, 0.25) is 0 Å². The van der Waals surface area contributed by atoms with Gasteiger partial charge in [-0.05, 0) is 5.56 Å². The Kier molecular flexibility index (Phi) is 5.50. The molecule has 1 aromatic heterocycles. The second-order valence-corrected chi connectivity index (χ2v) is 5.12. The van der Waals surface area contributed by atoms with Gasteiger partial charge in [0.25, 0.3) is 0 Å². The van der Waals surface area contributed by atoms with E-state index >= 15 is 0 Å². The van der Waals surface area contributed by atoms with E-state index in [-0.39, 0.29) is 13.0 Å². The molecule has 0 spiro atoms. The molecule has 0 bridgehead atoms. The highest BCUT2D eigenvalue weighted by atomic mass is 16.7. The first-order valence-electron chi connectivity index (χ1n) is 7.39. The van der Waals surface area contributed by atoms with E-state index in [1.807, 2.05) is 11.4 Å². The SMILES string of the molecule is CCC(O)(NC(=O)OCc1ccccc1)C(=O)On1c(O)ccc1O. The van der Waals surface area contributed by atoms with Crippen molar-refractivity contribution in [2.45, 2.75) is 25.7 Å². The van der Waals surface area contributed by atoms with Gasteiger partial charge in [-0.25, -0.2) is 9.59 Å². The quantitative estimate of drug-likeness (QED) is 0.569. The van der Waals surface area contributed by atoms with Crippen LogP contribution in [0.4, 0.5) is 4.79 Å². The van der Waals surface area contributed by atoms with Crippen molar-refractivity contribution < 1.29 is 34.5 Å². The van der Waals surface area contributed by atoms with Crippen LogP contribution in [-0.4, -0.2) is 37.8 Å². The van der Waals surface area contributed by atoms with Crippen molar-refractivity contribution in [1.82, 2.24) is 10.0 Å². The lowest BCUT2D eigenvalue weighted by Crippen LogP contribution is -2.57. The number of benzene rings is 1. The van der Waals surface area contributed by atoms with Gasteiger partial charge in [0.15, 0.2) is 0 Å². The summed E-state index contributed by atoms with van der Waals surface area (Å²) in [5.74, 6) is -2.43. The third-order valence-electron chi connectivity index (χ3n) is 3.34. The molecule has 2 aromatic rings. The number of amides is 1. The highest BCUT2D eigenvalue weighted by molar-refractivity contribution is 5.84. The second kappa shape index (κ2) is 7.58. The van der Waals surface area contributed by atoms with Crippen molar-refractivity contribution in [2.24, 2.45) is 0 Å². The van der Waals surface area contributed by atoms with E-state index in [9.17, 15) is 24.9 Å². The standard InChI is InChI=1S/C16H18N2O7/c1-2-16(23,14(21)25-18-12(19)8-9-13(18)20)17-15(22)24-10-11-6-4-3-5-7-11/h3-9,19-20,23H,2,10H2,1H3,(H,17,22). The third kappa shape index (κ3) is 4.42. The summed E-state index contributed by atoms with van der Waals surface area (Å²) in [5.41, 5.74) is -1.68. The van der Waals surface area contributed by atoms with Crippen molar-refractivity contribution in [3.63, 3.8) is 0 Å². The summed E-state index contributed by atoms with van der Waals surface area (Å²) >= 11 is 0. The van der Waals surface area contributed by atoms with Crippen LogP contribution >= 0.6 is 0 Å². The number of aromatic nitrogens is 1. The van der Waals surface area contributed by atoms with Gasteiger partial charge in [0.1, 0.15) is 6.61 Å². The van der Waals surface area contributed by atoms with Gasteiger partial charge in [-0.2, -0.15) is 0 Å². The summed E-state index contributed by atoms with van der Waals surface area (Å²) in [4.78, 5) is 28.6. The van der Waals surface area contributed by atoms with Gasteiger partial charge in [0, 0.05) is 18.6 Å². The Hall–Kier alpha value is -3.20. The van der Waals surface area contributed by atoms with Crippen LogP contribution in [0, 0.1) is 0 Å². The zero-order valence-electron chi connectivity index (χ0n) is 13.4. The molecule has 134 valence electrons. The number of ether oxygens (including phenoxy) is 1. The van der Waals surface area contributed by atoms with Crippen LogP contribution in [0.3, 0.4) is 0 Å². The van der Waals surface area contributed by atoms with Gasteiger partial charge in [-0.1, -0.05) is 37.3 Å². The maximum Gasteiger partial charge on any atom is 0.410 e. The number of aliphatic hydroxyl groups is 1. The fraction of sp³-hybridized carbons (Fsp3) is 0.250. The molecule has 4 N–H and O–H groups in total. The Bertz CT molecular complexity index is 725. The molecule has 0 aliphatic carbocycles. The number of carbonyl (C=O) groups excluding carboxylic acids is 2. The smallest absolute Gasteiger partial charge is 0.410 e. The van der Waals surface area contributed by atoms with Crippen LogP contribution < -0.4 is 10.2 Å². The number of aromatic hydroxyl groups is 2. The van der Waals surface area contributed by atoms with Gasteiger partial charge in [-0.15, -0.1) is 4.73 Å². The summed E-state index contributed by atoms with van der Waals surface area (Å²) in [6.07, 6.45) is -1.28. The molecule has 0 saturated carbocycles. The molecule has 1 unspecified atom stereocenters. The second-order valence-electron chi connectivity index (χ2n) is 5.12. The molecular weight excluding hydrogens is 332 g/mol. The zero-order chi connectivity index (χ0) is 18.4. The first-order chi connectivity index (χ1) is 11.9. The molecule has 1 amide bonds. The average molecular weight is 350 g/mol. The molecular formula is C16H18N2O7. The molecule has 2 rings (SSSR count). The number of alkyl carbamates (subject to hydrolysis) is 1. The molecule has 0 aliphatic heterocycles. The lowest BCUT2D eigenvalue weighted by molar-refractivity contribution is -0.170. The van der Waals surface area contributed by atoms with Gasteiger partial charge in [0.2, 0.25) is 17.5 Å². The van der Waals surface area contributed by atoms with Crippen molar-refractivity contribution in [1.29, 1.82) is 0 Å². The summed E-state index contributed by atoms with van der Waals surface area (Å²) in [6.45, 7) is 1.37. The monoisotopic (exact) mass is 350 g/mol. The zero-order valence-corrected chi connectivity index (χ0v) is 13.4. The molecule has 1 aromatic carbocycles. The van der Waals surface area contributed by atoms with Gasteiger partial charge >= 0.3 is 12.1 Å². The van der Waals surface area contributed by atoms with Crippen LogP contribution in [0.25, 0.3) is 0 Å². The molecule has 0 saturated heterocycles. The summed E-state index contributed by atoms with van der Waals surface area (Å²) in [7, 11) is 0. The molecule has 1 heterocycles. The van der Waals surface area contributed by atoms with Crippen molar-refractivity contribution in [3.05, 3.63) is 48.0 Å². The first kappa shape index (κ1) is 18.1. The van der Waals surface area contributed by atoms with Gasteiger partial charge in [-0.3, -0.25) is 5.32 Å². The largest absolute Gasteiger partial charge is 0.492 e. The maximum atomic E-state index is 12.1. The van der Waals surface area contributed by atoms with Crippen molar-refractivity contribution >= 4 is 12.1 Å². The van der Waals surface area contributed by atoms with E-state index in [0.29, 0.717) is 4.73 Å². The normalized spacial score (nSPS) is 12.9. The molecule has 9 nitrogen and oxygen atoms in total. The Balaban J connectivity index is 1.98. The maximum absolute atomic E-state index is 12.1. The molecule has 1 atom stereocenters. The molecule has 9 heteroatoms. The van der Waals surface area contributed by atoms with Crippen LogP contribution in [0.5, 0.6) is 11.8 Å². The lowest BCUT2D eigenvalue weighted by atomic mass is 10.1. The Labute approximate surface area is 143 Å². The predicted octanol–water partition coefficient (Wildman–Crippen LogP) is 0.879. The molecule has 25 heavy (non-hydrogen) atoms. The fourth-order valence-corrected chi connectivity index (χ4v) is 1.87. The molecule has 0 fully saturated rings. The predicted molar refractivity (Wildman–Crippen MR) is 84.4 cm³/mol. The minimum Gasteiger partial charge on any atom is -0.492 e. The highest BCUT2D eigenvalue weighted by Crippen LogP contribution is 2.20. The van der Waals surface area contributed by atoms with E-state index in [4.69, 9.17) is 9.57 Å². The lowest BCUT2D eigenvalue weighted by Gasteiger charge is -2.25. The van der Waals surface area contributed by atoms with E-state index < -0.39 is 29.5 Å². The number of carbonyl (C=O) groups is 2. The number of nitrogens with one attached hydrogen (secondary N) is 1. The van der Waals surface area contributed by atoms with Crippen LogP contribution in [0.15, 0.2) is 42.5 Å². The van der Waals surface area contributed by atoms with Gasteiger partial charge in [0.05, 0.1) is 0 Å². The van der Waals surface area contributed by atoms with Crippen LogP contribution in [-0.2, 0) is 16.1 Å². The Morgan fingerprint density at radius 1 is 1.12 bits per heavy atom. The van der Waals surface area contributed by atoms with Gasteiger partial charge < -0.3 is 24.9 Å². The van der Waals surface area contributed by atoms with Crippen LogP contribution in [0.1, 0.15) is 18.9 Å². The van der Waals surface area contributed by atoms with Crippen molar-refractivity contribution in [2.75, 3.05) is 0 Å². The third-order valence-corrected chi connectivity index (χ3v) is 3.34. The van der Waals surface area contributed by atoms with E-state index in [0.717, 1.165) is 17.7 Å². The Morgan fingerprint density at radius 2 is 1.72 bits per heavy atom. The number of nitrogens with zero attached hydrogens (tertiary/aromatic N) is 1. The molecule has 0 radical (unpaired) electrons. The minimum atomic E-state index is -2.41. The molecule has 0 aliphatic rings. The first-order valence-corrected chi connectivity index (χ1v) is 7.39. The topological polar surface area (TPSA) is 130 Å². The summed E-state index contributed by atoms with van der Waals surface area (Å²) in [6, 6.07) is 11.0. The average Bonchev–Trinajstić information content (AvgIpc) is 2.92. The fourth-order valence-electron chi connectivity index (χ4n) is 1.87. The number of hydrogen-bond donors (Lipinski definition) is 4. The summed E-state index contributed by atoms with van der Waals surface area (Å²) < 4.78 is 5.34. The van der Waals surface area contributed by atoms with Crippen molar-refractivity contribution in [3.8, 4) is 11.8 Å².